The zero-order valence-electron chi connectivity index (χ0n) is 15.8. The van der Waals surface area contributed by atoms with Crippen molar-refractivity contribution in [2.24, 2.45) is 0 Å². The van der Waals surface area contributed by atoms with Gasteiger partial charge in [0.15, 0.2) is 0 Å². The Hall–Kier alpha value is -2.81. The highest BCUT2D eigenvalue weighted by Gasteiger charge is 2.16. The van der Waals surface area contributed by atoms with Crippen LogP contribution in [0.1, 0.15) is 16.1 Å². The summed E-state index contributed by atoms with van der Waals surface area (Å²) >= 11 is 6.04. The van der Waals surface area contributed by atoms with Gasteiger partial charge in [-0.2, -0.15) is 0 Å². The number of furan rings is 1. The number of nitrogens with one attached hydrogen (secondary N) is 2. The van der Waals surface area contributed by atoms with Crippen molar-refractivity contribution in [1.29, 1.82) is 0 Å². The van der Waals surface area contributed by atoms with E-state index in [-0.39, 0.29) is 17.3 Å². The van der Waals surface area contributed by atoms with Gasteiger partial charge in [-0.3, -0.25) is 4.79 Å². The molecule has 0 spiro atoms. The Labute approximate surface area is 174 Å². The van der Waals surface area contributed by atoms with E-state index in [1.165, 1.54) is 30.5 Å². The third-order valence-corrected chi connectivity index (χ3v) is 5.78. The van der Waals surface area contributed by atoms with Crippen LogP contribution in [0.4, 0.5) is 11.4 Å². The van der Waals surface area contributed by atoms with Crippen molar-refractivity contribution in [2.75, 3.05) is 24.3 Å². The molecule has 0 fully saturated rings. The van der Waals surface area contributed by atoms with Gasteiger partial charge in [-0.15, -0.1) is 0 Å². The Kier molecular flexibility index (Phi) is 6.26. The molecule has 0 unspecified atom stereocenters. The zero-order chi connectivity index (χ0) is 21.0. The maximum Gasteiger partial charge on any atom is 0.255 e. The predicted octanol–water partition coefficient (Wildman–Crippen LogP) is 3.73. The minimum Gasteiger partial charge on any atom is -0.468 e. The van der Waals surface area contributed by atoms with Gasteiger partial charge in [-0.1, -0.05) is 11.6 Å². The second-order valence-corrected chi connectivity index (χ2v) is 8.64. The first-order valence-corrected chi connectivity index (χ1v) is 10.5. The summed E-state index contributed by atoms with van der Waals surface area (Å²) in [5, 5.41) is 3.30. The predicted molar refractivity (Wildman–Crippen MR) is 113 cm³/mol. The number of rotatable bonds is 7. The fourth-order valence-corrected chi connectivity index (χ4v) is 3.81. The summed E-state index contributed by atoms with van der Waals surface area (Å²) in [6, 6.07) is 14.2. The molecule has 0 aliphatic rings. The maximum absolute atomic E-state index is 12.6. The van der Waals surface area contributed by atoms with Crippen LogP contribution in [0.2, 0.25) is 5.02 Å². The molecule has 2 aromatic carbocycles. The van der Waals surface area contributed by atoms with Crippen LogP contribution in [-0.2, 0) is 16.6 Å². The number of nitrogens with zero attached hydrogens (tertiary/aromatic N) is 1. The lowest BCUT2D eigenvalue weighted by Crippen LogP contribution is -2.23. The highest BCUT2D eigenvalue weighted by molar-refractivity contribution is 7.89. The Morgan fingerprint density at radius 3 is 2.45 bits per heavy atom. The highest BCUT2D eigenvalue weighted by Crippen LogP contribution is 2.28. The van der Waals surface area contributed by atoms with Crippen molar-refractivity contribution in [1.82, 2.24) is 4.72 Å². The van der Waals surface area contributed by atoms with Crippen LogP contribution in [0, 0.1) is 0 Å². The molecule has 0 radical (unpaired) electrons. The third-order valence-electron chi connectivity index (χ3n) is 4.13. The van der Waals surface area contributed by atoms with E-state index in [0.29, 0.717) is 22.0 Å². The molecule has 0 atom stereocenters. The van der Waals surface area contributed by atoms with Crippen molar-refractivity contribution in [3.05, 3.63) is 77.2 Å². The topological polar surface area (TPSA) is 91.7 Å². The van der Waals surface area contributed by atoms with Crippen LogP contribution in [0.25, 0.3) is 0 Å². The Morgan fingerprint density at radius 2 is 1.83 bits per heavy atom. The molecule has 3 aromatic rings. The largest absolute Gasteiger partial charge is 0.468 e. The molecule has 0 saturated carbocycles. The van der Waals surface area contributed by atoms with E-state index in [9.17, 15) is 13.2 Å². The second-order valence-electron chi connectivity index (χ2n) is 6.44. The number of benzene rings is 2. The van der Waals surface area contributed by atoms with Gasteiger partial charge in [0.1, 0.15) is 5.76 Å². The van der Waals surface area contributed by atoms with Crippen molar-refractivity contribution in [3.63, 3.8) is 0 Å². The van der Waals surface area contributed by atoms with Gasteiger partial charge in [0.25, 0.3) is 5.91 Å². The monoisotopic (exact) mass is 433 g/mol. The van der Waals surface area contributed by atoms with Gasteiger partial charge >= 0.3 is 0 Å². The minimum absolute atomic E-state index is 0.0413. The minimum atomic E-state index is -3.73. The van der Waals surface area contributed by atoms with Crippen molar-refractivity contribution >= 4 is 38.9 Å². The number of anilines is 2. The fraction of sp³-hybridized carbons (Fsp3) is 0.150. The summed E-state index contributed by atoms with van der Waals surface area (Å²) in [4.78, 5) is 14.5. The van der Waals surface area contributed by atoms with Crippen molar-refractivity contribution in [2.45, 2.75) is 11.4 Å². The lowest BCUT2D eigenvalue weighted by atomic mass is 10.2. The average molecular weight is 434 g/mol. The quantitative estimate of drug-likeness (QED) is 0.592. The lowest BCUT2D eigenvalue weighted by molar-refractivity contribution is 0.102. The van der Waals surface area contributed by atoms with E-state index < -0.39 is 10.0 Å². The molecular formula is C20H20ClN3O4S. The van der Waals surface area contributed by atoms with Gasteiger partial charge in [0.05, 0.1) is 29.1 Å². The number of carbonyl (C=O) groups is 1. The molecule has 0 bridgehead atoms. The number of hydrogen-bond donors (Lipinski definition) is 2. The highest BCUT2D eigenvalue weighted by atomic mass is 35.5. The Balaban J connectivity index is 1.73. The van der Waals surface area contributed by atoms with Crippen LogP contribution in [0.15, 0.2) is 70.2 Å². The Morgan fingerprint density at radius 1 is 1.10 bits per heavy atom. The number of carbonyl (C=O) groups excluding carboxylic acids is 1. The number of hydrogen-bond acceptors (Lipinski definition) is 5. The second kappa shape index (κ2) is 8.69. The van der Waals surface area contributed by atoms with E-state index in [1.54, 1.807) is 30.3 Å². The van der Waals surface area contributed by atoms with Crippen molar-refractivity contribution in [3.8, 4) is 0 Å². The van der Waals surface area contributed by atoms with Gasteiger partial charge in [0, 0.05) is 24.7 Å². The van der Waals surface area contributed by atoms with Crippen LogP contribution in [0.5, 0.6) is 0 Å². The zero-order valence-corrected chi connectivity index (χ0v) is 17.4. The van der Waals surface area contributed by atoms with Crippen LogP contribution < -0.4 is 14.9 Å². The first kappa shape index (κ1) is 20.9. The molecule has 0 aliphatic carbocycles. The molecule has 152 valence electrons. The third kappa shape index (κ3) is 5.17. The molecule has 0 saturated heterocycles. The number of halogens is 1. The van der Waals surface area contributed by atoms with E-state index >= 15 is 0 Å². The molecule has 7 nitrogen and oxygen atoms in total. The summed E-state index contributed by atoms with van der Waals surface area (Å²) in [7, 11) is -0.0162. The average Bonchev–Trinajstić information content (AvgIpc) is 3.20. The molecule has 1 amide bonds. The lowest BCUT2D eigenvalue weighted by Gasteiger charge is -2.18. The summed E-state index contributed by atoms with van der Waals surface area (Å²) < 4.78 is 32.3. The molecular weight excluding hydrogens is 414 g/mol. The maximum atomic E-state index is 12.6. The molecule has 2 N–H and O–H groups in total. The first-order valence-electron chi connectivity index (χ1n) is 8.66. The van der Waals surface area contributed by atoms with Crippen LogP contribution >= 0.6 is 11.6 Å². The van der Waals surface area contributed by atoms with Gasteiger partial charge in [-0.05, 0) is 54.6 Å². The molecule has 9 heteroatoms. The smallest absolute Gasteiger partial charge is 0.255 e. The van der Waals surface area contributed by atoms with Crippen LogP contribution in [-0.4, -0.2) is 28.4 Å². The normalized spacial score (nSPS) is 11.3. The van der Waals surface area contributed by atoms with Gasteiger partial charge in [0.2, 0.25) is 10.0 Å². The number of amides is 1. The molecule has 3 rings (SSSR count). The van der Waals surface area contributed by atoms with Crippen LogP contribution in [0.3, 0.4) is 0 Å². The standard InChI is InChI=1S/C20H20ClN3O4S/c1-24(2)19-10-7-15(21)12-18(19)23-20(25)14-5-8-17(9-6-14)29(26,27)22-13-16-4-3-11-28-16/h3-12,22H,13H2,1-2H3,(H,23,25). The van der Waals surface area contributed by atoms with Crippen molar-refractivity contribution < 1.29 is 17.6 Å². The summed E-state index contributed by atoms with van der Waals surface area (Å²) in [6.45, 7) is 0.0413. The molecule has 1 aromatic heterocycles. The van der Waals surface area contributed by atoms with E-state index in [1.807, 2.05) is 19.0 Å². The summed E-state index contributed by atoms with van der Waals surface area (Å²) in [5.41, 5.74) is 1.67. The summed E-state index contributed by atoms with van der Waals surface area (Å²) in [5.74, 6) is 0.130. The summed E-state index contributed by atoms with van der Waals surface area (Å²) in [6.07, 6.45) is 1.47. The van der Waals surface area contributed by atoms with E-state index in [4.69, 9.17) is 16.0 Å². The van der Waals surface area contributed by atoms with E-state index in [2.05, 4.69) is 10.0 Å². The fourth-order valence-electron chi connectivity index (χ4n) is 2.64. The SMILES string of the molecule is CN(C)c1ccc(Cl)cc1NC(=O)c1ccc(S(=O)(=O)NCc2ccco2)cc1. The number of sulfonamides is 1. The first-order chi connectivity index (χ1) is 13.8. The van der Waals surface area contributed by atoms with Gasteiger partial charge in [-0.25, -0.2) is 13.1 Å². The molecule has 1 heterocycles. The molecule has 0 aliphatic heterocycles. The van der Waals surface area contributed by atoms with Gasteiger partial charge < -0.3 is 14.6 Å². The van der Waals surface area contributed by atoms with E-state index in [0.717, 1.165) is 5.69 Å². The Bertz CT molecular complexity index is 1100. The molecule has 29 heavy (non-hydrogen) atoms.